The van der Waals surface area contributed by atoms with Gasteiger partial charge < -0.3 is 16.4 Å². The number of benzene rings is 1. The molecule has 4 heteroatoms. The van der Waals surface area contributed by atoms with E-state index in [9.17, 15) is 4.79 Å². The maximum atomic E-state index is 10.1. The minimum atomic E-state index is -0.199. The smallest absolute Gasteiger partial charge is 0.157 e. The Labute approximate surface area is 63.7 Å². The predicted molar refractivity (Wildman–Crippen MR) is 40.2 cm³/mol. The molecule has 0 aromatic heterocycles. The highest BCUT2D eigenvalue weighted by Crippen LogP contribution is 2.23. The number of phenolic OH excluding ortho intramolecular Hbond substituents is 2. The number of aldehydes is 1. The van der Waals surface area contributed by atoms with Crippen LogP contribution >= 0.6 is 0 Å². The molecule has 0 aliphatic rings. The molecule has 0 radical (unpaired) electrons. The lowest BCUT2D eigenvalue weighted by molar-refractivity contribution is 0.111. The van der Waals surface area contributed by atoms with Crippen molar-refractivity contribution in [1.82, 2.24) is 6.15 Å². The monoisotopic (exact) mass is 155 g/mol. The SMILES string of the molecule is N.O=Cc1c(O)cccc1O. The van der Waals surface area contributed by atoms with Gasteiger partial charge in [-0.2, -0.15) is 0 Å². The van der Waals surface area contributed by atoms with Crippen molar-refractivity contribution in [2.45, 2.75) is 0 Å². The Morgan fingerprint density at radius 1 is 1.18 bits per heavy atom. The van der Waals surface area contributed by atoms with Crippen molar-refractivity contribution in [2.75, 3.05) is 0 Å². The summed E-state index contributed by atoms with van der Waals surface area (Å²) in [5.74, 6) is -0.398. The zero-order valence-electron chi connectivity index (χ0n) is 5.82. The van der Waals surface area contributed by atoms with Gasteiger partial charge in [0.05, 0.1) is 5.56 Å². The Hall–Kier alpha value is -1.55. The van der Waals surface area contributed by atoms with E-state index in [1.54, 1.807) is 0 Å². The van der Waals surface area contributed by atoms with E-state index >= 15 is 0 Å². The molecule has 5 N–H and O–H groups in total. The van der Waals surface area contributed by atoms with Gasteiger partial charge in [0.25, 0.3) is 0 Å². The van der Waals surface area contributed by atoms with Gasteiger partial charge >= 0.3 is 0 Å². The van der Waals surface area contributed by atoms with Gasteiger partial charge in [-0.05, 0) is 12.1 Å². The van der Waals surface area contributed by atoms with Crippen molar-refractivity contribution in [3.8, 4) is 11.5 Å². The number of carbonyl (C=O) groups is 1. The third-order valence-corrected chi connectivity index (χ3v) is 1.18. The molecule has 0 aliphatic heterocycles. The second-order valence-corrected chi connectivity index (χ2v) is 1.83. The molecule has 1 aromatic carbocycles. The van der Waals surface area contributed by atoms with E-state index in [1.165, 1.54) is 18.2 Å². The highest BCUT2D eigenvalue weighted by molar-refractivity contribution is 5.83. The highest BCUT2D eigenvalue weighted by Gasteiger charge is 2.02. The average molecular weight is 155 g/mol. The largest absolute Gasteiger partial charge is 0.507 e. The fraction of sp³-hybridized carbons (Fsp3) is 0. The van der Waals surface area contributed by atoms with Crippen LogP contribution in [0, 0.1) is 0 Å². The van der Waals surface area contributed by atoms with Crippen molar-refractivity contribution in [3.63, 3.8) is 0 Å². The highest BCUT2D eigenvalue weighted by atomic mass is 16.3. The molecular weight excluding hydrogens is 146 g/mol. The van der Waals surface area contributed by atoms with Crippen LogP contribution in [-0.4, -0.2) is 16.5 Å². The molecule has 4 nitrogen and oxygen atoms in total. The van der Waals surface area contributed by atoms with Gasteiger partial charge in [-0.1, -0.05) is 6.07 Å². The van der Waals surface area contributed by atoms with E-state index in [0.29, 0.717) is 6.29 Å². The second-order valence-electron chi connectivity index (χ2n) is 1.83. The van der Waals surface area contributed by atoms with Gasteiger partial charge in [-0.3, -0.25) is 4.79 Å². The average Bonchev–Trinajstić information content (AvgIpc) is 1.88. The Morgan fingerprint density at radius 2 is 1.64 bits per heavy atom. The van der Waals surface area contributed by atoms with Gasteiger partial charge in [0.15, 0.2) is 6.29 Å². The molecule has 0 bridgehead atoms. The topological polar surface area (TPSA) is 92.5 Å². The van der Waals surface area contributed by atoms with Crippen LogP contribution in [0.1, 0.15) is 10.4 Å². The quantitative estimate of drug-likeness (QED) is 0.529. The van der Waals surface area contributed by atoms with E-state index in [-0.39, 0.29) is 23.2 Å². The zero-order valence-corrected chi connectivity index (χ0v) is 5.82. The van der Waals surface area contributed by atoms with Crippen molar-refractivity contribution < 1.29 is 15.0 Å². The summed E-state index contributed by atoms with van der Waals surface area (Å²) in [5.41, 5.74) is -0.0671. The molecule has 11 heavy (non-hydrogen) atoms. The fourth-order valence-corrected chi connectivity index (χ4v) is 0.662. The molecule has 0 saturated heterocycles. The summed E-state index contributed by atoms with van der Waals surface area (Å²) in [4.78, 5) is 10.1. The molecule has 0 heterocycles. The van der Waals surface area contributed by atoms with Crippen LogP contribution in [0.15, 0.2) is 18.2 Å². The molecule has 0 amide bonds. The third-order valence-electron chi connectivity index (χ3n) is 1.18. The maximum absolute atomic E-state index is 10.1. The molecule has 60 valence electrons. The first-order valence-electron chi connectivity index (χ1n) is 2.72. The van der Waals surface area contributed by atoms with Gasteiger partial charge in [-0.15, -0.1) is 0 Å². The summed E-state index contributed by atoms with van der Waals surface area (Å²) < 4.78 is 0. The maximum Gasteiger partial charge on any atom is 0.157 e. The van der Waals surface area contributed by atoms with E-state index in [0.717, 1.165) is 0 Å². The summed E-state index contributed by atoms with van der Waals surface area (Å²) in [7, 11) is 0. The molecule has 0 unspecified atom stereocenters. The van der Waals surface area contributed by atoms with Gasteiger partial charge in [0, 0.05) is 0 Å². The lowest BCUT2D eigenvalue weighted by atomic mass is 10.2. The molecule has 0 fully saturated rings. The Kier molecular flexibility index (Phi) is 3.07. The minimum absolute atomic E-state index is 0. The lowest BCUT2D eigenvalue weighted by Gasteiger charge is -1.97. The molecular formula is C7H9NO3. The van der Waals surface area contributed by atoms with Gasteiger partial charge in [0.1, 0.15) is 11.5 Å². The second kappa shape index (κ2) is 3.58. The minimum Gasteiger partial charge on any atom is -0.507 e. The number of rotatable bonds is 1. The molecule has 0 spiro atoms. The lowest BCUT2D eigenvalue weighted by Crippen LogP contribution is -1.80. The van der Waals surface area contributed by atoms with Crippen LogP contribution in [0.5, 0.6) is 11.5 Å². The van der Waals surface area contributed by atoms with Gasteiger partial charge in [0.2, 0.25) is 0 Å². The van der Waals surface area contributed by atoms with E-state index in [1.807, 2.05) is 0 Å². The number of phenols is 2. The number of hydrogen-bond donors (Lipinski definition) is 3. The summed E-state index contributed by atoms with van der Waals surface area (Å²) in [6.45, 7) is 0. The third kappa shape index (κ3) is 1.68. The molecule has 0 atom stereocenters. The van der Waals surface area contributed by atoms with Crippen molar-refractivity contribution in [1.29, 1.82) is 0 Å². The summed E-state index contributed by atoms with van der Waals surface area (Å²) in [6, 6.07) is 4.13. The van der Waals surface area contributed by atoms with Crippen molar-refractivity contribution in [2.24, 2.45) is 0 Å². The van der Waals surface area contributed by atoms with Crippen LogP contribution in [0.4, 0.5) is 0 Å². The molecule has 1 aromatic rings. The van der Waals surface area contributed by atoms with E-state index in [4.69, 9.17) is 10.2 Å². The van der Waals surface area contributed by atoms with Crippen LogP contribution in [-0.2, 0) is 0 Å². The van der Waals surface area contributed by atoms with Crippen LogP contribution in [0.2, 0.25) is 0 Å². The standard InChI is InChI=1S/C7H6O3.H3N/c8-4-5-6(9)2-1-3-7(5)10;/h1-4,9-10H;1H3. The van der Waals surface area contributed by atoms with Crippen molar-refractivity contribution in [3.05, 3.63) is 23.8 Å². The number of aromatic hydroxyl groups is 2. The molecule has 1 rings (SSSR count). The summed E-state index contributed by atoms with van der Waals surface area (Å²) >= 11 is 0. The summed E-state index contributed by atoms with van der Waals surface area (Å²) in [6.07, 6.45) is 0.407. The Balaban J connectivity index is 0.000001000. The fourth-order valence-electron chi connectivity index (χ4n) is 0.662. The normalized spacial score (nSPS) is 8.36. The first kappa shape index (κ1) is 9.45. The Bertz CT molecular complexity index is 240. The van der Waals surface area contributed by atoms with E-state index < -0.39 is 0 Å². The number of hydrogen-bond acceptors (Lipinski definition) is 4. The molecule has 0 aliphatic carbocycles. The molecule has 0 saturated carbocycles. The zero-order chi connectivity index (χ0) is 7.56. The van der Waals surface area contributed by atoms with Gasteiger partial charge in [-0.25, -0.2) is 0 Å². The first-order chi connectivity index (χ1) is 4.75. The Morgan fingerprint density at radius 3 is 1.91 bits per heavy atom. The summed E-state index contributed by atoms with van der Waals surface area (Å²) in [5, 5.41) is 17.8. The van der Waals surface area contributed by atoms with E-state index in [2.05, 4.69) is 0 Å². The van der Waals surface area contributed by atoms with Crippen LogP contribution in [0.25, 0.3) is 0 Å². The predicted octanol–water partition coefficient (Wildman–Crippen LogP) is 1.07. The first-order valence-corrected chi connectivity index (χ1v) is 2.72. The van der Waals surface area contributed by atoms with Crippen molar-refractivity contribution >= 4 is 6.29 Å². The van der Waals surface area contributed by atoms with Crippen LogP contribution < -0.4 is 6.15 Å². The number of carbonyl (C=O) groups excluding carboxylic acids is 1. The van der Waals surface area contributed by atoms with Crippen LogP contribution in [0.3, 0.4) is 0 Å².